The van der Waals surface area contributed by atoms with E-state index in [4.69, 9.17) is 9.15 Å². The minimum Gasteiger partial charge on any atom is -0.497 e. The van der Waals surface area contributed by atoms with Crippen LogP contribution in [0.3, 0.4) is 0 Å². The molecule has 1 aromatic heterocycles. The third-order valence-corrected chi connectivity index (χ3v) is 4.81. The number of aryl methyl sites for hydroxylation is 1. The zero-order chi connectivity index (χ0) is 18.4. The summed E-state index contributed by atoms with van der Waals surface area (Å²) in [5.41, 5.74) is 3.38. The highest BCUT2D eigenvalue weighted by atomic mass is 32.2. The molecule has 0 amide bonds. The number of aromatic nitrogens is 2. The van der Waals surface area contributed by atoms with E-state index in [0.717, 1.165) is 16.9 Å². The summed E-state index contributed by atoms with van der Waals surface area (Å²) in [5, 5.41) is 17.7. The zero-order valence-electron chi connectivity index (χ0n) is 14.7. The van der Waals surface area contributed by atoms with E-state index < -0.39 is 0 Å². The third kappa shape index (κ3) is 4.87. The lowest BCUT2D eigenvalue weighted by atomic mass is 10.1. The largest absolute Gasteiger partial charge is 0.497 e. The van der Waals surface area contributed by atoms with Gasteiger partial charge in [0.05, 0.1) is 19.6 Å². The molecule has 1 atom stereocenters. The summed E-state index contributed by atoms with van der Waals surface area (Å²) in [6.07, 6.45) is 1.18. The highest BCUT2D eigenvalue weighted by Gasteiger charge is 2.16. The van der Waals surface area contributed by atoms with Gasteiger partial charge in [-0.05, 0) is 48.4 Å². The molecular weight excluding hydrogens is 346 g/mol. The monoisotopic (exact) mass is 365 g/mol. The highest BCUT2D eigenvalue weighted by molar-refractivity contribution is 7.99. The number of thioether (sulfide) groups is 1. The first-order chi connectivity index (χ1) is 12.7. The molecule has 6 heteroatoms. The van der Waals surface area contributed by atoms with Crippen molar-refractivity contribution in [3.8, 4) is 11.8 Å². The summed E-state index contributed by atoms with van der Waals surface area (Å²) in [6, 6.07) is 18.2. The van der Waals surface area contributed by atoms with Gasteiger partial charge in [-0.3, -0.25) is 0 Å². The maximum Gasteiger partial charge on any atom is 0.277 e. The van der Waals surface area contributed by atoms with Gasteiger partial charge in [0.1, 0.15) is 11.0 Å². The van der Waals surface area contributed by atoms with E-state index >= 15 is 0 Å². The molecule has 1 heterocycles. The molecule has 0 bridgehead atoms. The molecule has 132 valence electrons. The van der Waals surface area contributed by atoms with Crippen molar-refractivity contribution >= 4 is 11.8 Å². The minimum atomic E-state index is -0.271. The molecule has 3 aromatic rings. The fourth-order valence-electron chi connectivity index (χ4n) is 2.45. The first-order valence-corrected chi connectivity index (χ1v) is 9.11. The third-order valence-electron chi connectivity index (χ3n) is 3.89. The summed E-state index contributed by atoms with van der Waals surface area (Å²) in [4.78, 5) is 0. The Morgan fingerprint density at radius 1 is 1.08 bits per heavy atom. The second-order valence-corrected chi connectivity index (χ2v) is 7.07. The molecule has 0 radical (unpaired) electrons. The molecule has 3 rings (SSSR count). The van der Waals surface area contributed by atoms with Crippen LogP contribution in [0.25, 0.3) is 0 Å². The number of hydrogen-bond acceptors (Lipinski definition) is 6. The van der Waals surface area contributed by atoms with Gasteiger partial charge in [0, 0.05) is 0 Å². The number of methoxy groups -OCH3 is 1. The molecule has 0 saturated heterocycles. The van der Waals surface area contributed by atoms with Gasteiger partial charge < -0.3 is 9.15 Å². The van der Waals surface area contributed by atoms with E-state index in [-0.39, 0.29) is 5.25 Å². The minimum absolute atomic E-state index is 0.271. The van der Waals surface area contributed by atoms with E-state index in [1.165, 1.54) is 17.3 Å². The van der Waals surface area contributed by atoms with Crippen LogP contribution in [0.1, 0.15) is 22.6 Å². The summed E-state index contributed by atoms with van der Waals surface area (Å²) in [6.45, 7) is 2.04. The average Bonchev–Trinajstić information content (AvgIpc) is 3.10. The van der Waals surface area contributed by atoms with Crippen LogP contribution in [0, 0.1) is 18.3 Å². The van der Waals surface area contributed by atoms with E-state index in [1.807, 2.05) is 55.5 Å². The van der Waals surface area contributed by atoms with Gasteiger partial charge in [0.25, 0.3) is 5.22 Å². The van der Waals surface area contributed by atoms with Gasteiger partial charge in [-0.1, -0.05) is 42.0 Å². The Bertz CT molecular complexity index is 883. The van der Waals surface area contributed by atoms with Crippen LogP contribution in [0.4, 0.5) is 0 Å². The fraction of sp³-hybridized carbons (Fsp3) is 0.250. The van der Waals surface area contributed by atoms with Crippen molar-refractivity contribution < 1.29 is 9.15 Å². The lowest BCUT2D eigenvalue weighted by Gasteiger charge is -2.06. The molecular formula is C20H19N3O2S. The van der Waals surface area contributed by atoms with Crippen molar-refractivity contribution in [1.82, 2.24) is 10.2 Å². The van der Waals surface area contributed by atoms with Crippen LogP contribution in [-0.4, -0.2) is 22.6 Å². The van der Waals surface area contributed by atoms with E-state index in [9.17, 15) is 5.26 Å². The fourth-order valence-corrected chi connectivity index (χ4v) is 3.25. The number of rotatable bonds is 7. The standard InChI is InChI=1S/C20H19N3O2S/c1-14-3-5-15(6-4-14)11-18(13-21)26-20-23-22-19(25-20)12-16-7-9-17(24-2)10-8-16/h3-10,18H,11-12H2,1-2H3. The number of ether oxygens (including phenoxy) is 1. The molecule has 1 unspecified atom stereocenters. The number of hydrogen-bond donors (Lipinski definition) is 0. The molecule has 2 aromatic carbocycles. The molecule has 0 aliphatic heterocycles. The van der Waals surface area contributed by atoms with Crippen molar-refractivity contribution in [2.45, 2.75) is 30.2 Å². The van der Waals surface area contributed by atoms with Crippen LogP contribution in [0.2, 0.25) is 0 Å². The number of nitriles is 1. The lowest BCUT2D eigenvalue weighted by Crippen LogP contribution is -2.03. The van der Waals surface area contributed by atoms with Gasteiger partial charge in [0.2, 0.25) is 5.89 Å². The van der Waals surface area contributed by atoms with Crippen LogP contribution < -0.4 is 4.74 Å². The van der Waals surface area contributed by atoms with Gasteiger partial charge in [0.15, 0.2) is 0 Å². The Morgan fingerprint density at radius 2 is 1.77 bits per heavy atom. The first-order valence-electron chi connectivity index (χ1n) is 8.23. The molecule has 26 heavy (non-hydrogen) atoms. The molecule has 0 aliphatic carbocycles. The first kappa shape index (κ1) is 18.0. The molecule has 0 fully saturated rings. The number of nitrogens with zero attached hydrogens (tertiary/aromatic N) is 3. The Hall–Kier alpha value is -2.78. The van der Waals surface area contributed by atoms with Crippen molar-refractivity contribution in [2.75, 3.05) is 7.11 Å². The van der Waals surface area contributed by atoms with Gasteiger partial charge in [-0.25, -0.2) is 0 Å². The predicted molar refractivity (Wildman–Crippen MR) is 100 cm³/mol. The van der Waals surface area contributed by atoms with E-state index in [1.54, 1.807) is 7.11 Å². The maximum atomic E-state index is 9.42. The van der Waals surface area contributed by atoms with E-state index in [2.05, 4.69) is 16.3 Å². The Morgan fingerprint density at radius 3 is 2.42 bits per heavy atom. The molecule has 0 aliphatic rings. The SMILES string of the molecule is COc1ccc(Cc2nnc(SC(C#N)Cc3ccc(C)cc3)o2)cc1. The van der Waals surface area contributed by atoms with Crippen LogP contribution in [0.5, 0.6) is 5.75 Å². The lowest BCUT2D eigenvalue weighted by molar-refractivity contribution is 0.413. The van der Waals surface area contributed by atoms with Gasteiger partial charge in [-0.15, -0.1) is 10.2 Å². The second kappa shape index (κ2) is 8.54. The average molecular weight is 365 g/mol. The van der Waals surface area contributed by atoms with Gasteiger partial charge >= 0.3 is 0 Å². The Kier molecular flexibility index (Phi) is 5.92. The maximum absolute atomic E-state index is 9.42. The van der Waals surface area contributed by atoms with Crippen molar-refractivity contribution in [3.63, 3.8) is 0 Å². The van der Waals surface area contributed by atoms with Crippen LogP contribution in [-0.2, 0) is 12.8 Å². The highest BCUT2D eigenvalue weighted by Crippen LogP contribution is 2.25. The number of benzene rings is 2. The van der Waals surface area contributed by atoms with Gasteiger partial charge in [-0.2, -0.15) is 5.26 Å². The Balaban J connectivity index is 1.60. The molecule has 0 spiro atoms. The van der Waals surface area contributed by atoms with E-state index in [0.29, 0.717) is 24.0 Å². The van der Waals surface area contributed by atoms with Crippen molar-refractivity contribution in [2.24, 2.45) is 0 Å². The van der Waals surface area contributed by atoms with Crippen LogP contribution in [0.15, 0.2) is 58.2 Å². The normalized spacial score (nSPS) is 11.7. The quantitative estimate of drug-likeness (QED) is 0.584. The molecule has 5 nitrogen and oxygen atoms in total. The predicted octanol–water partition coefficient (Wildman–Crippen LogP) is 4.20. The zero-order valence-corrected chi connectivity index (χ0v) is 15.5. The summed E-state index contributed by atoms with van der Waals surface area (Å²) >= 11 is 1.30. The summed E-state index contributed by atoms with van der Waals surface area (Å²) in [5.74, 6) is 1.34. The van der Waals surface area contributed by atoms with Crippen molar-refractivity contribution in [3.05, 3.63) is 71.1 Å². The Labute approximate surface area is 157 Å². The summed E-state index contributed by atoms with van der Waals surface area (Å²) in [7, 11) is 1.64. The second-order valence-electron chi connectivity index (χ2n) is 5.91. The summed E-state index contributed by atoms with van der Waals surface area (Å²) < 4.78 is 10.8. The smallest absolute Gasteiger partial charge is 0.277 e. The topological polar surface area (TPSA) is 71.9 Å². The van der Waals surface area contributed by atoms with Crippen LogP contribution >= 0.6 is 11.8 Å². The molecule has 0 N–H and O–H groups in total. The molecule has 0 saturated carbocycles. The van der Waals surface area contributed by atoms with Crippen molar-refractivity contribution in [1.29, 1.82) is 5.26 Å².